The molecule has 18 heavy (non-hydrogen) atoms. The predicted octanol–water partition coefficient (Wildman–Crippen LogP) is 2.88. The molecule has 0 aliphatic rings. The largest absolute Gasteiger partial charge is 0.495 e. The molecule has 1 heterocycles. The van der Waals surface area contributed by atoms with Gasteiger partial charge in [0.1, 0.15) is 10.6 Å². The third kappa shape index (κ3) is 2.50. The average molecular weight is 258 g/mol. The molecule has 0 radical (unpaired) electrons. The number of nitrogens with one attached hydrogen (secondary N) is 1. The van der Waals surface area contributed by atoms with Crippen LogP contribution >= 0.6 is 11.3 Å². The maximum atomic E-state index is 12.0. The summed E-state index contributed by atoms with van der Waals surface area (Å²) < 4.78 is 5.09. The Morgan fingerprint density at radius 3 is 2.67 bits per heavy atom. The van der Waals surface area contributed by atoms with Gasteiger partial charge < -0.3 is 10.1 Å². The minimum absolute atomic E-state index is 0.216. The van der Waals surface area contributed by atoms with Crippen LogP contribution in [0.5, 0.6) is 5.75 Å². The lowest BCUT2D eigenvalue weighted by molar-refractivity contribution is 0.102. The van der Waals surface area contributed by atoms with E-state index in [4.69, 9.17) is 10.00 Å². The molecule has 0 atom stereocenters. The molecule has 0 aliphatic heterocycles. The van der Waals surface area contributed by atoms with Crippen molar-refractivity contribution in [3.63, 3.8) is 0 Å². The fourth-order valence-corrected chi connectivity index (χ4v) is 2.19. The second-order valence-corrected chi connectivity index (χ2v) is 4.38. The van der Waals surface area contributed by atoms with Crippen LogP contribution < -0.4 is 10.1 Å². The van der Waals surface area contributed by atoms with Gasteiger partial charge in [-0.25, -0.2) is 0 Å². The quantitative estimate of drug-likeness (QED) is 0.920. The SMILES string of the molecule is COc1ccsc1C(=O)Nc1ccc(C#N)cc1. The van der Waals surface area contributed by atoms with Crippen molar-refractivity contribution in [1.82, 2.24) is 0 Å². The molecule has 2 rings (SSSR count). The van der Waals surface area contributed by atoms with Gasteiger partial charge in [-0.15, -0.1) is 11.3 Å². The number of carbonyl (C=O) groups excluding carboxylic acids is 1. The molecule has 0 unspecified atom stereocenters. The highest BCUT2D eigenvalue weighted by Crippen LogP contribution is 2.25. The molecule has 2 aromatic rings. The van der Waals surface area contributed by atoms with E-state index in [1.54, 1.807) is 35.7 Å². The van der Waals surface area contributed by atoms with Crippen LogP contribution in [-0.4, -0.2) is 13.0 Å². The van der Waals surface area contributed by atoms with E-state index in [2.05, 4.69) is 5.32 Å². The van der Waals surface area contributed by atoms with Crippen molar-refractivity contribution in [2.45, 2.75) is 0 Å². The summed E-state index contributed by atoms with van der Waals surface area (Å²) in [7, 11) is 1.53. The van der Waals surface area contributed by atoms with E-state index >= 15 is 0 Å². The predicted molar refractivity (Wildman–Crippen MR) is 70.0 cm³/mol. The van der Waals surface area contributed by atoms with E-state index in [-0.39, 0.29) is 5.91 Å². The third-order valence-electron chi connectivity index (χ3n) is 2.33. The lowest BCUT2D eigenvalue weighted by atomic mass is 10.2. The number of benzene rings is 1. The zero-order valence-electron chi connectivity index (χ0n) is 9.64. The number of anilines is 1. The van der Waals surface area contributed by atoms with Crippen molar-refractivity contribution in [2.75, 3.05) is 12.4 Å². The fraction of sp³-hybridized carbons (Fsp3) is 0.0769. The fourth-order valence-electron chi connectivity index (χ4n) is 1.44. The zero-order valence-corrected chi connectivity index (χ0v) is 10.5. The van der Waals surface area contributed by atoms with Gasteiger partial charge in [0.05, 0.1) is 18.7 Å². The van der Waals surface area contributed by atoms with Gasteiger partial charge >= 0.3 is 0 Å². The molecule has 5 heteroatoms. The van der Waals surface area contributed by atoms with Crippen molar-refractivity contribution in [2.24, 2.45) is 0 Å². The number of nitrogens with zero attached hydrogens (tertiary/aromatic N) is 1. The molecule has 0 fully saturated rings. The first-order chi connectivity index (χ1) is 8.74. The van der Waals surface area contributed by atoms with Crippen LogP contribution in [0, 0.1) is 11.3 Å². The molecule has 1 aromatic carbocycles. The van der Waals surface area contributed by atoms with Gasteiger partial charge in [0.2, 0.25) is 0 Å². The van der Waals surface area contributed by atoms with E-state index in [9.17, 15) is 4.79 Å². The van der Waals surface area contributed by atoms with Crippen LogP contribution in [0.15, 0.2) is 35.7 Å². The zero-order chi connectivity index (χ0) is 13.0. The Balaban J connectivity index is 2.14. The monoisotopic (exact) mass is 258 g/mol. The number of amides is 1. The standard InChI is InChI=1S/C13H10N2O2S/c1-17-11-6-7-18-12(11)13(16)15-10-4-2-9(8-14)3-5-10/h2-7H,1H3,(H,15,16). The number of carbonyl (C=O) groups is 1. The number of nitriles is 1. The maximum absolute atomic E-state index is 12.0. The van der Waals surface area contributed by atoms with Gasteiger partial charge in [-0.2, -0.15) is 5.26 Å². The molecular weight excluding hydrogens is 248 g/mol. The summed E-state index contributed by atoms with van der Waals surface area (Å²) in [5.41, 5.74) is 1.20. The van der Waals surface area contributed by atoms with Gasteiger partial charge in [-0.05, 0) is 35.7 Å². The summed E-state index contributed by atoms with van der Waals surface area (Å²) in [6.07, 6.45) is 0. The van der Waals surface area contributed by atoms with Gasteiger partial charge in [-0.1, -0.05) is 0 Å². The van der Waals surface area contributed by atoms with Crippen molar-refractivity contribution >= 4 is 22.9 Å². The summed E-state index contributed by atoms with van der Waals surface area (Å²) in [5.74, 6) is 0.345. The second-order valence-electron chi connectivity index (χ2n) is 3.46. The van der Waals surface area contributed by atoms with E-state index < -0.39 is 0 Å². The van der Waals surface area contributed by atoms with Crippen LogP contribution in [-0.2, 0) is 0 Å². The van der Waals surface area contributed by atoms with Gasteiger partial charge in [0.25, 0.3) is 5.91 Å². The van der Waals surface area contributed by atoms with Crippen LogP contribution in [0.4, 0.5) is 5.69 Å². The summed E-state index contributed by atoms with van der Waals surface area (Å²) in [5, 5.41) is 13.2. The molecule has 90 valence electrons. The minimum atomic E-state index is -0.216. The Morgan fingerprint density at radius 1 is 1.33 bits per heavy atom. The number of methoxy groups -OCH3 is 1. The number of rotatable bonds is 3. The number of thiophene rings is 1. The lowest BCUT2D eigenvalue weighted by Crippen LogP contribution is -2.11. The van der Waals surface area contributed by atoms with Crippen LogP contribution in [0.25, 0.3) is 0 Å². The number of ether oxygens (including phenoxy) is 1. The first kappa shape index (κ1) is 12.1. The second kappa shape index (κ2) is 5.34. The van der Waals surface area contributed by atoms with Crippen LogP contribution in [0.3, 0.4) is 0 Å². The Kier molecular flexibility index (Phi) is 3.60. The third-order valence-corrected chi connectivity index (χ3v) is 3.22. The van der Waals surface area contributed by atoms with Crippen molar-refractivity contribution in [3.8, 4) is 11.8 Å². The van der Waals surface area contributed by atoms with Gasteiger partial charge in [-0.3, -0.25) is 4.79 Å². The highest BCUT2D eigenvalue weighted by Gasteiger charge is 2.13. The van der Waals surface area contributed by atoms with E-state index in [0.717, 1.165) is 0 Å². The van der Waals surface area contributed by atoms with Crippen molar-refractivity contribution in [1.29, 1.82) is 5.26 Å². The molecule has 0 saturated heterocycles. The topological polar surface area (TPSA) is 62.1 Å². The van der Waals surface area contributed by atoms with Crippen molar-refractivity contribution in [3.05, 3.63) is 46.2 Å². The Bertz CT molecular complexity index is 596. The summed E-state index contributed by atoms with van der Waals surface area (Å²) in [6, 6.07) is 10.5. The summed E-state index contributed by atoms with van der Waals surface area (Å²) in [6.45, 7) is 0. The summed E-state index contributed by atoms with van der Waals surface area (Å²) in [4.78, 5) is 12.5. The summed E-state index contributed by atoms with van der Waals surface area (Å²) >= 11 is 1.32. The lowest BCUT2D eigenvalue weighted by Gasteiger charge is -2.05. The van der Waals surface area contributed by atoms with Gasteiger partial charge in [0.15, 0.2) is 0 Å². The normalized spacial score (nSPS) is 9.56. The molecule has 0 spiro atoms. The Labute approximate surface area is 108 Å². The Morgan fingerprint density at radius 2 is 2.06 bits per heavy atom. The number of hydrogen-bond donors (Lipinski definition) is 1. The first-order valence-corrected chi connectivity index (χ1v) is 6.05. The average Bonchev–Trinajstić information content (AvgIpc) is 2.88. The first-order valence-electron chi connectivity index (χ1n) is 5.17. The smallest absolute Gasteiger partial charge is 0.269 e. The maximum Gasteiger partial charge on any atom is 0.269 e. The molecule has 4 nitrogen and oxygen atoms in total. The molecule has 1 N–H and O–H groups in total. The van der Waals surface area contributed by atoms with Gasteiger partial charge in [0, 0.05) is 5.69 Å². The highest BCUT2D eigenvalue weighted by atomic mass is 32.1. The van der Waals surface area contributed by atoms with Crippen molar-refractivity contribution < 1.29 is 9.53 Å². The minimum Gasteiger partial charge on any atom is -0.495 e. The van der Waals surface area contributed by atoms with E-state index in [1.807, 2.05) is 6.07 Å². The molecule has 0 bridgehead atoms. The number of hydrogen-bond acceptors (Lipinski definition) is 4. The Hall–Kier alpha value is -2.32. The highest BCUT2D eigenvalue weighted by molar-refractivity contribution is 7.12. The molecule has 0 saturated carbocycles. The molecule has 1 aromatic heterocycles. The van der Waals surface area contributed by atoms with Crippen LogP contribution in [0.2, 0.25) is 0 Å². The molecule has 0 aliphatic carbocycles. The molecular formula is C13H10N2O2S. The van der Waals surface area contributed by atoms with E-state index in [1.165, 1.54) is 18.4 Å². The molecule has 1 amide bonds. The van der Waals surface area contributed by atoms with Crippen LogP contribution in [0.1, 0.15) is 15.2 Å². The van der Waals surface area contributed by atoms with E-state index in [0.29, 0.717) is 21.9 Å².